The molecule has 26 heavy (non-hydrogen) atoms. The molecule has 1 fully saturated rings. The molecule has 6 nitrogen and oxygen atoms in total. The van der Waals surface area contributed by atoms with Crippen molar-refractivity contribution < 1.29 is 14.4 Å². The lowest BCUT2D eigenvalue weighted by Crippen LogP contribution is -2.41. The number of hydrogen-bond acceptors (Lipinski definition) is 3. The Morgan fingerprint density at radius 1 is 1.08 bits per heavy atom. The molecule has 0 aliphatic carbocycles. The third-order valence-corrected chi connectivity index (χ3v) is 4.43. The molecule has 0 saturated carbocycles. The molecule has 1 unspecified atom stereocenters. The molecule has 1 heterocycles. The zero-order chi connectivity index (χ0) is 18.5. The van der Waals surface area contributed by atoms with E-state index in [1.54, 1.807) is 0 Å². The number of benzene rings is 2. The maximum atomic E-state index is 12.4. The molecule has 3 rings (SSSR count). The number of rotatable bonds is 6. The number of hydrogen-bond donors (Lipinski definition) is 2. The van der Waals surface area contributed by atoms with Gasteiger partial charge in [-0.1, -0.05) is 54.6 Å². The number of aryl methyl sites for hydroxylation is 1. The number of nitrogens with one attached hydrogen (secondary N) is 2. The molecule has 4 amide bonds. The smallest absolute Gasteiger partial charge is 0.325 e. The highest BCUT2D eigenvalue weighted by Gasteiger charge is 2.38. The minimum Gasteiger partial charge on any atom is -0.350 e. The molecule has 0 radical (unpaired) electrons. The van der Waals surface area contributed by atoms with Crippen LogP contribution < -0.4 is 10.6 Å². The molecule has 6 heteroatoms. The standard InChI is InChI=1S/C20H21N3O3/c1-14-7-5-6-10-16(14)12-21-18(24)13-23-19(25)17(22-20(23)26)11-15-8-3-2-4-9-15/h2-10,17H,11-13H2,1H3,(H,21,24)(H,22,26). The largest absolute Gasteiger partial charge is 0.350 e. The Balaban J connectivity index is 1.55. The van der Waals surface area contributed by atoms with Crippen LogP contribution in [-0.2, 0) is 22.6 Å². The molecule has 0 spiro atoms. The van der Waals surface area contributed by atoms with Gasteiger partial charge in [0.25, 0.3) is 5.91 Å². The first-order valence-electron chi connectivity index (χ1n) is 8.51. The second kappa shape index (κ2) is 7.82. The number of urea groups is 1. The fourth-order valence-electron chi connectivity index (χ4n) is 2.92. The lowest BCUT2D eigenvalue weighted by Gasteiger charge is -2.13. The quantitative estimate of drug-likeness (QED) is 0.779. The molecule has 1 saturated heterocycles. The third kappa shape index (κ3) is 4.08. The average Bonchev–Trinajstić information content (AvgIpc) is 2.89. The molecular formula is C20H21N3O3. The summed E-state index contributed by atoms with van der Waals surface area (Å²) in [6.45, 7) is 2.05. The van der Waals surface area contributed by atoms with Crippen LogP contribution in [0.15, 0.2) is 54.6 Å². The minimum absolute atomic E-state index is 0.276. The first-order valence-corrected chi connectivity index (χ1v) is 8.51. The van der Waals surface area contributed by atoms with E-state index >= 15 is 0 Å². The summed E-state index contributed by atoms with van der Waals surface area (Å²) in [4.78, 5) is 37.6. The van der Waals surface area contributed by atoms with Gasteiger partial charge in [-0.2, -0.15) is 0 Å². The van der Waals surface area contributed by atoms with E-state index in [0.29, 0.717) is 13.0 Å². The van der Waals surface area contributed by atoms with Gasteiger partial charge in [0.1, 0.15) is 12.6 Å². The molecule has 1 atom stereocenters. The van der Waals surface area contributed by atoms with Crippen LogP contribution in [0.25, 0.3) is 0 Å². The van der Waals surface area contributed by atoms with Crippen molar-refractivity contribution in [1.29, 1.82) is 0 Å². The molecule has 0 aromatic heterocycles. The van der Waals surface area contributed by atoms with Crippen molar-refractivity contribution >= 4 is 17.8 Å². The predicted molar refractivity (Wildman–Crippen MR) is 97.2 cm³/mol. The van der Waals surface area contributed by atoms with Crippen molar-refractivity contribution in [2.75, 3.05) is 6.54 Å². The van der Waals surface area contributed by atoms with Crippen LogP contribution in [0.2, 0.25) is 0 Å². The van der Waals surface area contributed by atoms with Crippen LogP contribution >= 0.6 is 0 Å². The van der Waals surface area contributed by atoms with E-state index in [4.69, 9.17) is 0 Å². The van der Waals surface area contributed by atoms with Gasteiger partial charge in [-0.25, -0.2) is 4.79 Å². The van der Waals surface area contributed by atoms with E-state index in [9.17, 15) is 14.4 Å². The van der Waals surface area contributed by atoms with Gasteiger partial charge in [0.2, 0.25) is 5.91 Å². The summed E-state index contributed by atoms with van der Waals surface area (Å²) in [5.41, 5.74) is 3.03. The minimum atomic E-state index is -0.630. The topological polar surface area (TPSA) is 78.5 Å². The van der Waals surface area contributed by atoms with Crippen molar-refractivity contribution in [3.63, 3.8) is 0 Å². The Morgan fingerprint density at radius 3 is 2.50 bits per heavy atom. The Bertz CT molecular complexity index is 820. The Labute approximate surface area is 152 Å². The molecule has 1 aliphatic heterocycles. The van der Waals surface area contributed by atoms with Gasteiger partial charge in [0.05, 0.1) is 0 Å². The maximum Gasteiger partial charge on any atom is 0.325 e. The summed E-state index contributed by atoms with van der Waals surface area (Å²) in [6, 6.07) is 16.0. The van der Waals surface area contributed by atoms with Crippen LogP contribution in [0.3, 0.4) is 0 Å². The van der Waals surface area contributed by atoms with Gasteiger partial charge in [-0.05, 0) is 23.6 Å². The van der Waals surface area contributed by atoms with Gasteiger partial charge < -0.3 is 10.6 Å². The number of nitrogens with zero attached hydrogens (tertiary/aromatic N) is 1. The first-order chi connectivity index (χ1) is 12.5. The normalized spacial score (nSPS) is 16.5. The molecular weight excluding hydrogens is 330 g/mol. The van der Waals surface area contributed by atoms with Gasteiger partial charge >= 0.3 is 6.03 Å². The van der Waals surface area contributed by atoms with Crippen LogP contribution in [-0.4, -0.2) is 35.3 Å². The van der Waals surface area contributed by atoms with Crippen molar-refractivity contribution in [2.45, 2.75) is 25.9 Å². The lowest BCUT2D eigenvalue weighted by molar-refractivity contribution is -0.132. The molecule has 134 valence electrons. The molecule has 0 bridgehead atoms. The van der Waals surface area contributed by atoms with Crippen LogP contribution in [0.4, 0.5) is 4.79 Å². The highest BCUT2D eigenvalue weighted by molar-refractivity contribution is 6.06. The number of carbonyl (C=O) groups is 3. The summed E-state index contributed by atoms with van der Waals surface area (Å²) in [5.74, 6) is -0.734. The van der Waals surface area contributed by atoms with Gasteiger partial charge in [-0.3, -0.25) is 14.5 Å². The van der Waals surface area contributed by atoms with Crippen LogP contribution in [0.1, 0.15) is 16.7 Å². The summed E-state index contributed by atoms with van der Waals surface area (Å²) in [7, 11) is 0. The Kier molecular flexibility index (Phi) is 5.31. The molecule has 2 N–H and O–H groups in total. The number of imide groups is 1. The summed E-state index contributed by atoms with van der Waals surface area (Å²) in [5, 5.41) is 5.41. The van der Waals surface area contributed by atoms with Crippen molar-refractivity contribution in [1.82, 2.24) is 15.5 Å². The highest BCUT2D eigenvalue weighted by atomic mass is 16.2. The average molecular weight is 351 g/mol. The fourth-order valence-corrected chi connectivity index (χ4v) is 2.92. The van der Waals surface area contributed by atoms with E-state index in [1.165, 1.54) is 0 Å². The Hall–Kier alpha value is -3.15. The lowest BCUT2D eigenvalue weighted by atomic mass is 10.1. The van der Waals surface area contributed by atoms with E-state index < -0.39 is 12.1 Å². The van der Waals surface area contributed by atoms with E-state index in [2.05, 4.69) is 10.6 Å². The van der Waals surface area contributed by atoms with E-state index in [1.807, 2.05) is 61.5 Å². The highest BCUT2D eigenvalue weighted by Crippen LogP contribution is 2.12. The van der Waals surface area contributed by atoms with Crippen molar-refractivity contribution in [3.05, 3.63) is 71.3 Å². The summed E-state index contributed by atoms with van der Waals surface area (Å²) >= 11 is 0. The van der Waals surface area contributed by atoms with Gasteiger partial charge in [0, 0.05) is 13.0 Å². The maximum absolute atomic E-state index is 12.4. The molecule has 2 aromatic rings. The first kappa shape index (κ1) is 17.7. The zero-order valence-corrected chi connectivity index (χ0v) is 14.6. The second-order valence-corrected chi connectivity index (χ2v) is 6.32. The molecule has 2 aromatic carbocycles. The zero-order valence-electron chi connectivity index (χ0n) is 14.6. The van der Waals surface area contributed by atoms with Gasteiger partial charge in [-0.15, -0.1) is 0 Å². The van der Waals surface area contributed by atoms with Gasteiger partial charge in [0.15, 0.2) is 0 Å². The van der Waals surface area contributed by atoms with Crippen molar-refractivity contribution in [3.8, 4) is 0 Å². The summed E-state index contributed by atoms with van der Waals surface area (Å²) in [6.07, 6.45) is 0.409. The SMILES string of the molecule is Cc1ccccc1CNC(=O)CN1C(=O)NC(Cc2ccccc2)C1=O. The number of amides is 4. The van der Waals surface area contributed by atoms with E-state index in [0.717, 1.165) is 21.6 Å². The third-order valence-electron chi connectivity index (χ3n) is 4.43. The Morgan fingerprint density at radius 2 is 1.77 bits per heavy atom. The fraction of sp³-hybridized carbons (Fsp3) is 0.250. The molecule has 1 aliphatic rings. The number of carbonyl (C=O) groups excluding carboxylic acids is 3. The van der Waals surface area contributed by atoms with Crippen LogP contribution in [0, 0.1) is 6.92 Å². The van der Waals surface area contributed by atoms with Crippen LogP contribution in [0.5, 0.6) is 0 Å². The second-order valence-electron chi connectivity index (χ2n) is 6.32. The predicted octanol–water partition coefficient (Wildman–Crippen LogP) is 1.77. The van der Waals surface area contributed by atoms with Crippen molar-refractivity contribution in [2.24, 2.45) is 0 Å². The van der Waals surface area contributed by atoms with E-state index in [-0.39, 0.29) is 18.4 Å². The summed E-state index contributed by atoms with van der Waals surface area (Å²) < 4.78 is 0. The monoisotopic (exact) mass is 351 g/mol.